The van der Waals surface area contributed by atoms with Crippen LogP contribution in [-0.4, -0.2) is 30.1 Å². The fraction of sp³-hybridized carbons (Fsp3) is 0. The molecule has 1 aromatic carbocycles. The van der Waals surface area contributed by atoms with Crippen LogP contribution in [-0.2, 0) is 0 Å². The van der Waals surface area contributed by atoms with E-state index in [-0.39, 0.29) is 0 Å². The summed E-state index contributed by atoms with van der Waals surface area (Å²) < 4.78 is 0. The number of nitrogens with zero attached hydrogens (tertiary/aromatic N) is 4. The second-order valence-electron chi connectivity index (χ2n) is 6.72. The van der Waals surface area contributed by atoms with Gasteiger partial charge < -0.3 is 4.98 Å². The fourth-order valence-corrected chi connectivity index (χ4v) is 4.27. The lowest BCUT2D eigenvalue weighted by molar-refractivity contribution is 1.12. The largest absolute Gasteiger partial charge is 0.353 e. The lowest BCUT2D eigenvalue weighted by Gasteiger charge is -1.99. The van der Waals surface area contributed by atoms with Crippen molar-refractivity contribution in [1.29, 1.82) is 0 Å². The van der Waals surface area contributed by atoms with Gasteiger partial charge >= 0.3 is 0 Å². The predicted molar refractivity (Wildman–Crippen MR) is 116 cm³/mol. The molecule has 6 rings (SSSR count). The number of hydrogen-bond acceptors (Lipinski definition) is 5. The Labute approximate surface area is 169 Å². The summed E-state index contributed by atoms with van der Waals surface area (Å²) in [5.41, 5.74) is 8.41. The molecule has 0 radical (unpaired) electrons. The minimum absolute atomic E-state index is 0.734. The third-order valence-electron chi connectivity index (χ3n) is 4.98. The molecule has 5 heterocycles. The van der Waals surface area contributed by atoms with Crippen LogP contribution < -0.4 is 0 Å². The molecule has 0 unspecified atom stereocenters. The van der Waals surface area contributed by atoms with Gasteiger partial charge in [0.25, 0.3) is 0 Å². The average Bonchev–Trinajstić information content (AvgIpc) is 3.52. The number of hydrogen-bond donors (Lipinski definition) is 2. The molecule has 0 aliphatic carbocycles. The Morgan fingerprint density at radius 2 is 1.93 bits per heavy atom. The monoisotopic (exact) mass is 394 g/mol. The summed E-state index contributed by atoms with van der Waals surface area (Å²) in [5.74, 6) is 0. The lowest BCUT2D eigenvalue weighted by atomic mass is 10.0. The van der Waals surface area contributed by atoms with Gasteiger partial charge in [0.1, 0.15) is 16.9 Å². The maximum atomic E-state index is 4.81. The zero-order valence-electron chi connectivity index (χ0n) is 15.1. The Morgan fingerprint density at radius 3 is 2.79 bits per heavy atom. The molecule has 29 heavy (non-hydrogen) atoms. The first kappa shape index (κ1) is 16.1. The molecule has 0 aliphatic heterocycles. The number of benzene rings is 1. The summed E-state index contributed by atoms with van der Waals surface area (Å²) in [6.07, 6.45) is 5.03. The van der Waals surface area contributed by atoms with Crippen molar-refractivity contribution in [1.82, 2.24) is 30.1 Å². The molecule has 0 saturated heterocycles. The van der Waals surface area contributed by atoms with Crippen LogP contribution in [0.3, 0.4) is 0 Å². The smallest absolute Gasteiger partial charge is 0.135 e. The molecule has 6 nitrogen and oxygen atoms in total. The van der Waals surface area contributed by atoms with Crippen molar-refractivity contribution in [3.8, 4) is 33.9 Å². The molecule has 0 fully saturated rings. The molecule has 6 aromatic rings. The maximum absolute atomic E-state index is 4.81. The Kier molecular flexibility index (Phi) is 3.54. The molecule has 0 spiro atoms. The van der Waals surface area contributed by atoms with Crippen molar-refractivity contribution < 1.29 is 0 Å². The van der Waals surface area contributed by atoms with Crippen molar-refractivity contribution in [2.75, 3.05) is 0 Å². The maximum Gasteiger partial charge on any atom is 0.135 e. The van der Waals surface area contributed by atoms with Crippen LogP contribution in [0.2, 0.25) is 0 Å². The highest BCUT2D eigenvalue weighted by Gasteiger charge is 2.15. The van der Waals surface area contributed by atoms with Gasteiger partial charge in [-0.05, 0) is 52.2 Å². The first-order valence-electron chi connectivity index (χ1n) is 9.13. The molecule has 0 atom stereocenters. The highest BCUT2D eigenvalue weighted by Crippen LogP contribution is 2.34. The molecule has 7 heteroatoms. The average molecular weight is 394 g/mol. The molecule has 0 aliphatic rings. The van der Waals surface area contributed by atoms with E-state index in [1.807, 2.05) is 12.1 Å². The molecule has 0 bridgehead atoms. The van der Waals surface area contributed by atoms with Gasteiger partial charge in [-0.1, -0.05) is 12.1 Å². The number of H-pyrrole nitrogens is 2. The van der Waals surface area contributed by atoms with Crippen LogP contribution in [0.1, 0.15) is 0 Å². The van der Waals surface area contributed by atoms with Crippen LogP contribution >= 0.6 is 11.3 Å². The number of thiophene rings is 1. The van der Waals surface area contributed by atoms with Gasteiger partial charge in [0.05, 0.1) is 23.1 Å². The normalized spacial score (nSPS) is 11.4. The number of nitrogens with one attached hydrogen (secondary N) is 2. The van der Waals surface area contributed by atoms with Crippen molar-refractivity contribution >= 4 is 33.3 Å². The summed E-state index contributed by atoms with van der Waals surface area (Å²) in [6.45, 7) is 0. The molecule has 0 amide bonds. The van der Waals surface area contributed by atoms with E-state index in [1.165, 1.54) is 16.5 Å². The van der Waals surface area contributed by atoms with Gasteiger partial charge in [-0.2, -0.15) is 16.4 Å². The van der Waals surface area contributed by atoms with E-state index in [2.05, 4.69) is 66.2 Å². The van der Waals surface area contributed by atoms with Crippen molar-refractivity contribution in [3.05, 3.63) is 71.8 Å². The summed E-state index contributed by atoms with van der Waals surface area (Å²) >= 11 is 1.70. The number of aromatic amines is 2. The van der Waals surface area contributed by atoms with Crippen LogP contribution in [0, 0.1) is 0 Å². The molecule has 5 aromatic heterocycles. The second kappa shape index (κ2) is 6.35. The van der Waals surface area contributed by atoms with E-state index >= 15 is 0 Å². The zero-order chi connectivity index (χ0) is 19.2. The SMILES string of the molecule is c1cc(-c2ccsc2)c2cc(-c3n[nH]c4ccc(-c5cnccn5)nc34)[nH]c2c1. The minimum atomic E-state index is 0.734. The standard InChI is InChI=1S/C22H14N6S/c1-2-14(13-6-9-29-12-13)15-10-19(25-16(15)3-1)22-21-18(27-28-22)5-4-17(26-21)20-11-23-7-8-24-20/h1-12,25H,(H,27,28). The Morgan fingerprint density at radius 1 is 0.931 bits per heavy atom. The Bertz CT molecular complexity index is 1450. The summed E-state index contributed by atoms with van der Waals surface area (Å²) in [5, 5.41) is 13.1. The van der Waals surface area contributed by atoms with E-state index in [0.29, 0.717) is 0 Å². The van der Waals surface area contributed by atoms with E-state index in [1.54, 1.807) is 29.9 Å². The van der Waals surface area contributed by atoms with Crippen molar-refractivity contribution in [2.24, 2.45) is 0 Å². The predicted octanol–water partition coefficient (Wildman–Crippen LogP) is 5.29. The lowest BCUT2D eigenvalue weighted by Crippen LogP contribution is -1.89. The fourth-order valence-electron chi connectivity index (χ4n) is 3.61. The van der Waals surface area contributed by atoms with E-state index in [0.717, 1.165) is 39.3 Å². The summed E-state index contributed by atoms with van der Waals surface area (Å²) in [4.78, 5) is 16.8. The highest BCUT2D eigenvalue weighted by molar-refractivity contribution is 7.08. The van der Waals surface area contributed by atoms with Gasteiger partial charge in [0, 0.05) is 23.3 Å². The summed E-state index contributed by atoms with van der Waals surface area (Å²) in [6, 6.07) is 14.5. The summed E-state index contributed by atoms with van der Waals surface area (Å²) in [7, 11) is 0. The number of aromatic nitrogens is 6. The van der Waals surface area contributed by atoms with E-state index < -0.39 is 0 Å². The Hall–Kier alpha value is -3.84. The van der Waals surface area contributed by atoms with Gasteiger partial charge in [0.15, 0.2) is 0 Å². The zero-order valence-corrected chi connectivity index (χ0v) is 15.9. The second-order valence-corrected chi connectivity index (χ2v) is 7.50. The Balaban J connectivity index is 1.53. The van der Waals surface area contributed by atoms with Crippen molar-refractivity contribution in [3.63, 3.8) is 0 Å². The first-order valence-corrected chi connectivity index (χ1v) is 10.1. The van der Waals surface area contributed by atoms with Crippen LogP contribution in [0.15, 0.2) is 71.8 Å². The molecule has 138 valence electrons. The number of fused-ring (bicyclic) bond motifs is 2. The van der Waals surface area contributed by atoms with E-state index in [4.69, 9.17) is 4.98 Å². The molecule has 2 N–H and O–H groups in total. The van der Waals surface area contributed by atoms with Crippen LogP contribution in [0.4, 0.5) is 0 Å². The highest BCUT2D eigenvalue weighted by atomic mass is 32.1. The quantitative estimate of drug-likeness (QED) is 0.427. The molecular weight excluding hydrogens is 380 g/mol. The minimum Gasteiger partial charge on any atom is -0.353 e. The van der Waals surface area contributed by atoms with Gasteiger partial charge in [-0.3, -0.25) is 15.1 Å². The molecule has 0 saturated carbocycles. The van der Waals surface area contributed by atoms with Gasteiger partial charge in [-0.25, -0.2) is 4.98 Å². The molecular formula is C22H14N6S. The first-order chi connectivity index (χ1) is 14.4. The number of pyridine rings is 1. The van der Waals surface area contributed by atoms with Crippen LogP contribution in [0.5, 0.6) is 0 Å². The van der Waals surface area contributed by atoms with Gasteiger partial charge in [0.2, 0.25) is 0 Å². The van der Waals surface area contributed by atoms with Gasteiger partial charge in [-0.15, -0.1) is 0 Å². The van der Waals surface area contributed by atoms with E-state index in [9.17, 15) is 0 Å². The third-order valence-corrected chi connectivity index (χ3v) is 5.67. The topological polar surface area (TPSA) is 83.1 Å². The third kappa shape index (κ3) is 2.63. The number of rotatable bonds is 3. The van der Waals surface area contributed by atoms with Crippen LogP contribution in [0.25, 0.3) is 55.8 Å². The van der Waals surface area contributed by atoms with Crippen molar-refractivity contribution in [2.45, 2.75) is 0 Å².